The van der Waals surface area contributed by atoms with Crippen molar-refractivity contribution in [2.45, 2.75) is 59.8 Å². The fourth-order valence-electron chi connectivity index (χ4n) is 2.50. The molecule has 0 aromatic heterocycles. The van der Waals surface area contributed by atoms with Gasteiger partial charge in [0.2, 0.25) is 5.91 Å². The average molecular weight is 283 g/mol. The summed E-state index contributed by atoms with van der Waals surface area (Å²) in [5.41, 5.74) is -1.12. The minimum atomic E-state index is -1.12. The van der Waals surface area contributed by atoms with Crippen LogP contribution in [0, 0.1) is 17.3 Å². The molecule has 0 atom stereocenters. The highest BCUT2D eigenvalue weighted by atomic mass is 16.4. The summed E-state index contributed by atoms with van der Waals surface area (Å²) < 4.78 is 0. The molecule has 4 nitrogen and oxygen atoms in total. The van der Waals surface area contributed by atoms with Gasteiger partial charge >= 0.3 is 5.97 Å². The second kappa shape index (κ2) is 7.09. The highest BCUT2D eigenvalue weighted by Gasteiger charge is 2.52. The van der Waals surface area contributed by atoms with Gasteiger partial charge in [0.05, 0.1) is 0 Å². The third-order valence-corrected chi connectivity index (χ3v) is 4.27. The Bertz CT molecular complexity index is 334. The Morgan fingerprint density at radius 3 is 1.75 bits per heavy atom. The summed E-state index contributed by atoms with van der Waals surface area (Å²) in [6.45, 7) is 9.86. The number of nitrogens with zero attached hydrogens (tertiary/aromatic N) is 1. The summed E-state index contributed by atoms with van der Waals surface area (Å²) in [6, 6.07) is 0. The number of hydrogen-bond donors (Lipinski definition) is 1. The number of hydrogen-bond acceptors (Lipinski definition) is 2. The Balaban J connectivity index is 2.74. The first-order valence-corrected chi connectivity index (χ1v) is 7.82. The molecule has 0 aliphatic heterocycles. The van der Waals surface area contributed by atoms with Crippen molar-refractivity contribution in [1.82, 2.24) is 4.90 Å². The highest BCUT2D eigenvalue weighted by Crippen LogP contribution is 2.43. The van der Waals surface area contributed by atoms with Gasteiger partial charge in [-0.15, -0.1) is 0 Å². The number of aliphatic carboxylic acids is 1. The van der Waals surface area contributed by atoms with Gasteiger partial charge in [-0.05, 0) is 37.5 Å². The largest absolute Gasteiger partial charge is 0.480 e. The van der Waals surface area contributed by atoms with Crippen molar-refractivity contribution in [1.29, 1.82) is 0 Å². The van der Waals surface area contributed by atoms with Crippen LogP contribution >= 0.6 is 0 Å². The zero-order valence-corrected chi connectivity index (χ0v) is 13.3. The first-order valence-electron chi connectivity index (χ1n) is 7.82. The third kappa shape index (κ3) is 3.97. The lowest BCUT2D eigenvalue weighted by Crippen LogP contribution is -2.53. The Hall–Kier alpha value is -1.06. The van der Waals surface area contributed by atoms with E-state index in [1.54, 1.807) is 4.90 Å². The molecule has 4 heteroatoms. The quantitative estimate of drug-likeness (QED) is 0.696. The average Bonchev–Trinajstić information content (AvgIpc) is 2.25. The van der Waals surface area contributed by atoms with Crippen LogP contribution in [0.5, 0.6) is 0 Å². The van der Waals surface area contributed by atoms with Gasteiger partial charge in [0.25, 0.3) is 0 Å². The van der Waals surface area contributed by atoms with Crippen LogP contribution in [0.2, 0.25) is 0 Å². The Labute approximate surface area is 122 Å². The molecule has 0 bridgehead atoms. The monoisotopic (exact) mass is 283 g/mol. The van der Waals surface area contributed by atoms with Crippen molar-refractivity contribution in [3.8, 4) is 0 Å². The molecule has 1 fully saturated rings. The van der Waals surface area contributed by atoms with Gasteiger partial charge in [-0.25, -0.2) is 0 Å². The maximum absolute atomic E-state index is 12.7. The molecule has 0 radical (unpaired) electrons. The van der Waals surface area contributed by atoms with E-state index in [2.05, 4.69) is 27.7 Å². The van der Waals surface area contributed by atoms with Crippen LogP contribution < -0.4 is 0 Å². The fraction of sp³-hybridized carbons (Fsp3) is 0.875. The second-order valence-electron chi connectivity index (χ2n) is 6.90. The van der Waals surface area contributed by atoms with Gasteiger partial charge in [0.1, 0.15) is 5.41 Å². The van der Waals surface area contributed by atoms with Crippen LogP contribution in [0.3, 0.4) is 0 Å². The molecule has 0 aromatic carbocycles. The van der Waals surface area contributed by atoms with E-state index in [1.165, 1.54) is 0 Å². The lowest BCUT2D eigenvalue weighted by atomic mass is 9.67. The summed E-state index contributed by atoms with van der Waals surface area (Å²) in [5, 5.41) is 9.41. The maximum Gasteiger partial charge on any atom is 0.319 e. The number of carboxylic acids is 1. The smallest absolute Gasteiger partial charge is 0.319 e. The van der Waals surface area contributed by atoms with Crippen LogP contribution in [0.1, 0.15) is 59.8 Å². The normalized spacial score (nSPS) is 17.1. The molecule has 1 saturated carbocycles. The lowest BCUT2D eigenvalue weighted by Gasteiger charge is -2.40. The zero-order chi connectivity index (χ0) is 15.3. The van der Waals surface area contributed by atoms with Crippen LogP contribution in [0.4, 0.5) is 0 Å². The summed E-state index contributed by atoms with van der Waals surface area (Å²) in [6.07, 6.45) is 3.71. The Morgan fingerprint density at radius 1 is 1.05 bits per heavy atom. The number of carboxylic acid groups (broad SMARTS) is 1. The summed E-state index contributed by atoms with van der Waals surface area (Å²) in [5.74, 6) is -0.0524. The minimum Gasteiger partial charge on any atom is -0.480 e. The predicted octanol–water partition coefficient (Wildman–Crippen LogP) is 3.16. The van der Waals surface area contributed by atoms with Crippen molar-refractivity contribution in [3.05, 3.63) is 0 Å². The predicted molar refractivity (Wildman–Crippen MR) is 79.4 cm³/mol. The molecule has 1 amide bonds. The molecular formula is C16H29NO3. The van der Waals surface area contributed by atoms with E-state index in [4.69, 9.17) is 0 Å². The van der Waals surface area contributed by atoms with Crippen molar-refractivity contribution < 1.29 is 14.7 Å². The van der Waals surface area contributed by atoms with Crippen LogP contribution in [-0.4, -0.2) is 35.0 Å². The van der Waals surface area contributed by atoms with Crippen molar-refractivity contribution in [2.75, 3.05) is 13.1 Å². The summed E-state index contributed by atoms with van der Waals surface area (Å²) in [4.78, 5) is 25.9. The number of carbonyl (C=O) groups excluding carboxylic acids is 1. The molecule has 0 heterocycles. The van der Waals surface area contributed by atoms with E-state index < -0.39 is 11.4 Å². The first kappa shape index (κ1) is 17.0. The molecule has 0 spiro atoms. The van der Waals surface area contributed by atoms with E-state index in [0.717, 1.165) is 19.3 Å². The van der Waals surface area contributed by atoms with E-state index in [0.29, 0.717) is 37.8 Å². The van der Waals surface area contributed by atoms with Gasteiger partial charge in [-0.1, -0.05) is 34.1 Å². The standard InChI is InChI=1S/C16H29NO3/c1-12(2)6-10-17(11-7-13(3)4)14(18)16(15(19)20)8-5-9-16/h12-13H,5-11H2,1-4H3,(H,19,20). The fourth-order valence-corrected chi connectivity index (χ4v) is 2.50. The molecule has 0 saturated heterocycles. The minimum absolute atomic E-state index is 0.155. The van der Waals surface area contributed by atoms with Crippen LogP contribution in [-0.2, 0) is 9.59 Å². The van der Waals surface area contributed by atoms with E-state index in [1.807, 2.05) is 0 Å². The molecule has 1 rings (SSSR count). The number of amides is 1. The van der Waals surface area contributed by atoms with Crippen molar-refractivity contribution in [2.24, 2.45) is 17.3 Å². The van der Waals surface area contributed by atoms with Crippen LogP contribution in [0.25, 0.3) is 0 Å². The van der Waals surface area contributed by atoms with E-state index in [9.17, 15) is 14.7 Å². The van der Waals surface area contributed by atoms with Crippen molar-refractivity contribution >= 4 is 11.9 Å². The molecule has 0 unspecified atom stereocenters. The molecule has 1 aliphatic carbocycles. The van der Waals surface area contributed by atoms with Gasteiger partial charge in [0.15, 0.2) is 0 Å². The SMILES string of the molecule is CC(C)CCN(CCC(C)C)C(=O)C1(C(=O)O)CCC1. The number of rotatable bonds is 8. The van der Waals surface area contributed by atoms with Gasteiger partial charge in [0, 0.05) is 13.1 Å². The molecule has 0 aromatic rings. The molecule has 1 aliphatic rings. The van der Waals surface area contributed by atoms with Crippen LogP contribution in [0.15, 0.2) is 0 Å². The Kier molecular flexibility index (Phi) is 6.03. The lowest BCUT2D eigenvalue weighted by molar-refractivity contribution is -0.167. The van der Waals surface area contributed by atoms with E-state index in [-0.39, 0.29) is 5.91 Å². The molecule has 1 N–H and O–H groups in total. The van der Waals surface area contributed by atoms with Gasteiger partial charge < -0.3 is 10.0 Å². The molecular weight excluding hydrogens is 254 g/mol. The summed E-state index contributed by atoms with van der Waals surface area (Å²) >= 11 is 0. The second-order valence-corrected chi connectivity index (χ2v) is 6.90. The zero-order valence-electron chi connectivity index (χ0n) is 13.3. The van der Waals surface area contributed by atoms with Gasteiger partial charge in [-0.3, -0.25) is 9.59 Å². The Morgan fingerprint density at radius 2 is 1.50 bits per heavy atom. The van der Waals surface area contributed by atoms with Crippen molar-refractivity contribution in [3.63, 3.8) is 0 Å². The summed E-state index contributed by atoms with van der Waals surface area (Å²) in [7, 11) is 0. The molecule has 20 heavy (non-hydrogen) atoms. The first-order chi connectivity index (χ1) is 9.29. The number of carbonyl (C=O) groups is 2. The third-order valence-electron chi connectivity index (χ3n) is 4.27. The van der Waals surface area contributed by atoms with Gasteiger partial charge in [-0.2, -0.15) is 0 Å². The highest BCUT2D eigenvalue weighted by molar-refractivity contribution is 6.02. The van der Waals surface area contributed by atoms with E-state index >= 15 is 0 Å². The topological polar surface area (TPSA) is 57.6 Å². The molecule has 116 valence electrons. The maximum atomic E-state index is 12.7.